The minimum Gasteiger partial charge on any atom is -0.415 e. The molecule has 0 radical (unpaired) electrons. The van der Waals surface area contributed by atoms with Gasteiger partial charge in [0, 0.05) is 5.22 Å². The number of hydrogen-bond acceptors (Lipinski definition) is 1. The van der Waals surface area contributed by atoms with E-state index in [1.807, 2.05) is 0 Å². The molecule has 0 N–H and O–H groups in total. The third-order valence-electron chi connectivity index (χ3n) is 4.83. The highest BCUT2D eigenvalue weighted by atomic mass is 28.4. The third kappa shape index (κ3) is 3.44. The first-order valence-corrected chi connectivity index (χ1v) is 12.9. The Labute approximate surface area is 105 Å². The van der Waals surface area contributed by atoms with Crippen LogP contribution in [0.25, 0.3) is 0 Å². The lowest BCUT2D eigenvalue weighted by Crippen LogP contribution is -2.57. The minimum atomic E-state index is -1.64. The van der Waals surface area contributed by atoms with E-state index in [2.05, 4.69) is 67.4 Å². The number of hydrogen-bond donors (Lipinski definition) is 0. The van der Waals surface area contributed by atoms with Gasteiger partial charge in [-0.25, -0.2) is 0 Å². The van der Waals surface area contributed by atoms with Gasteiger partial charge >= 0.3 is 0 Å². The molecule has 98 valence electrons. The zero-order valence-corrected chi connectivity index (χ0v) is 15.1. The van der Waals surface area contributed by atoms with E-state index in [9.17, 15) is 0 Å². The lowest BCUT2D eigenvalue weighted by Gasteiger charge is -2.48. The van der Waals surface area contributed by atoms with Crippen LogP contribution in [0, 0.1) is 0 Å². The van der Waals surface area contributed by atoms with Gasteiger partial charge in [-0.05, 0) is 32.0 Å². The van der Waals surface area contributed by atoms with Crippen LogP contribution in [0.4, 0.5) is 0 Å². The molecule has 0 aromatic rings. The minimum absolute atomic E-state index is 0.0785. The summed E-state index contributed by atoms with van der Waals surface area (Å²) >= 11 is 0. The predicted molar refractivity (Wildman–Crippen MR) is 80.3 cm³/mol. The van der Waals surface area contributed by atoms with Crippen LogP contribution in [-0.4, -0.2) is 21.6 Å². The topological polar surface area (TPSA) is 9.23 Å². The Morgan fingerprint density at radius 2 is 1.25 bits per heavy atom. The normalized spacial score (nSPS) is 15.4. The molecule has 3 heteroatoms. The lowest BCUT2D eigenvalue weighted by molar-refractivity contribution is 0.161. The maximum absolute atomic E-state index is 6.65. The predicted octanol–water partition coefficient (Wildman–Crippen LogP) is 5.05. The average Bonchev–Trinajstić information content (AvgIpc) is 1.99. The summed E-state index contributed by atoms with van der Waals surface area (Å²) < 4.78 is 6.65. The van der Waals surface area contributed by atoms with Crippen molar-refractivity contribution in [1.82, 2.24) is 0 Å². The van der Waals surface area contributed by atoms with E-state index in [1.165, 1.54) is 6.42 Å². The molecule has 0 atom stereocenters. The second kappa shape index (κ2) is 4.58. The molecule has 0 aliphatic carbocycles. The van der Waals surface area contributed by atoms with E-state index in [4.69, 9.17) is 4.43 Å². The van der Waals surface area contributed by atoms with Crippen LogP contribution in [-0.2, 0) is 4.43 Å². The molecule has 16 heavy (non-hydrogen) atoms. The van der Waals surface area contributed by atoms with Crippen molar-refractivity contribution in [2.75, 3.05) is 0 Å². The molecule has 0 bridgehead atoms. The monoisotopic (exact) mass is 260 g/mol. The van der Waals surface area contributed by atoms with Gasteiger partial charge in [0.1, 0.15) is 0 Å². The van der Waals surface area contributed by atoms with Crippen molar-refractivity contribution >= 4 is 16.4 Å². The molecule has 0 amide bonds. The average molecular weight is 261 g/mol. The molecule has 0 heterocycles. The van der Waals surface area contributed by atoms with Crippen LogP contribution in [0.5, 0.6) is 0 Å². The van der Waals surface area contributed by atoms with Crippen LogP contribution in [0.2, 0.25) is 37.8 Å². The molecule has 0 fully saturated rings. The maximum Gasteiger partial charge on any atom is 0.192 e. The fraction of sp³-hybridized carbons (Fsp3) is 1.00. The summed E-state index contributed by atoms with van der Waals surface area (Å²) in [4.78, 5) is 0. The summed E-state index contributed by atoms with van der Waals surface area (Å²) in [5.41, 5.74) is 0. The van der Waals surface area contributed by atoms with Crippen LogP contribution in [0.3, 0.4) is 0 Å². The fourth-order valence-electron chi connectivity index (χ4n) is 1.35. The second-order valence-corrected chi connectivity index (χ2v) is 17.9. The Bertz CT molecular complexity index is 237. The van der Waals surface area contributed by atoms with Crippen LogP contribution >= 0.6 is 0 Å². The zero-order chi connectivity index (χ0) is 13.4. The van der Waals surface area contributed by atoms with Crippen molar-refractivity contribution in [3.63, 3.8) is 0 Å². The lowest BCUT2D eigenvalue weighted by atomic mass is 10.1. The van der Waals surface area contributed by atoms with E-state index in [1.54, 1.807) is 0 Å². The molecule has 0 rings (SSSR count). The highest BCUT2D eigenvalue weighted by Crippen LogP contribution is 2.44. The Morgan fingerprint density at radius 3 is 1.50 bits per heavy atom. The molecule has 0 saturated heterocycles. The van der Waals surface area contributed by atoms with Crippen molar-refractivity contribution in [2.24, 2.45) is 0 Å². The second-order valence-electron chi connectivity index (χ2n) is 7.61. The highest BCUT2D eigenvalue weighted by Gasteiger charge is 2.47. The summed E-state index contributed by atoms with van der Waals surface area (Å²) in [7, 11) is -2.92. The maximum atomic E-state index is 6.65. The largest absolute Gasteiger partial charge is 0.415 e. The molecule has 0 spiro atoms. The smallest absolute Gasteiger partial charge is 0.192 e. The molecule has 0 aliphatic heterocycles. The first kappa shape index (κ1) is 16.4. The highest BCUT2D eigenvalue weighted by molar-refractivity contribution is 6.81. The molecule has 1 nitrogen and oxygen atoms in total. The van der Waals surface area contributed by atoms with Gasteiger partial charge in [0.25, 0.3) is 0 Å². The summed E-state index contributed by atoms with van der Waals surface area (Å²) in [6, 6.07) is 0. The number of rotatable bonds is 5. The Kier molecular flexibility index (Phi) is 4.69. The summed E-state index contributed by atoms with van der Waals surface area (Å²) in [5.74, 6) is 0. The molecule has 0 aromatic heterocycles. The van der Waals surface area contributed by atoms with Gasteiger partial charge in [-0.15, -0.1) is 0 Å². The van der Waals surface area contributed by atoms with E-state index < -0.39 is 16.4 Å². The molecular weight excluding hydrogens is 228 g/mol. The van der Waals surface area contributed by atoms with Crippen LogP contribution in [0.15, 0.2) is 0 Å². The van der Waals surface area contributed by atoms with E-state index in [-0.39, 0.29) is 5.22 Å². The standard InChI is InChI=1S/C13H32OSi2/c1-11-12(2,3)16(9,10)14-13(4,5)15(6,7)8/h11H2,1-10H3. The fourth-order valence-corrected chi connectivity index (χ4v) is 5.75. The van der Waals surface area contributed by atoms with Gasteiger partial charge in [-0.3, -0.25) is 0 Å². The van der Waals surface area contributed by atoms with E-state index >= 15 is 0 Å². The Hall–Kier alpha value is 0.394. The van der Waals surface area contributed by atoms with Gasteiger partial charge < -0.3 is 4.43 Å². The summed E-state index contributed by atoms with van der Waals surface area (Å²) in [6.45, 7) is 23.5. The SMILES string of the molecule is CCC(C)(C)[Si](C)(C)OC(C)(C)[Si](C)(C)C. The molecule has 0 aromatic carbocycles. The van der Waals surface area contributed by atoms with Gasteiger partial charge in [-0.1, -0.05) is 46.8 Å². The van der Waals surface area contributed by atoms with Crippen LogP contribution < -0.4 is 0 Å². The molecular formula is C13H32OSi2. The van der Waals surface area contributed by atoms with Crippen molar-refractivity contribution in [3.05, 3.63) is 0 Å². The van der Waals surface area contributed by atoms with Crippen molar-refractivity contribution in [2.45, 2.75) is 84.0 Å². The van der Waals surface area contributed by atoms with Crippen molar-refractivity contribution in [3.8, 4) is 0 Å². The van der Waals surface area contributed by atoms with Crippen molar-refractivity contribution < 1.29 is 4.43 Å². The third-order valence-corrected chi connectivity index (χ3v) is 13.4. The van der Waals surface area contributed by atoms with E-state index in [0.29, 0.717) is 5.04 Å². The van der Waals surface area contributed by atoms with Gasteiger partial charge in [0.15, 0.2) is 8.32 Å². The van der Waals surface area contributed by atoms with Gasteiger partial charge in [-0.2, -0.15) is 0 Å². The van der Waals surface area contributed by atoms with Gasteiger partial charge in [0.2, 0.25) is 0 Å². The Morgan fingerprint density at radius 1 is 0.875 bits per heavy atom. The quantitative estimate of drug-likeness (QED) is 0.628. The Balaban J connectivity index is 4.99. The summed E-state index contributed by atoms with van der Waals surface area (Å²) in [5, 5.41) is 0.430. The zero-order valence-electron chi connectivity index (χ0n) is 13.1. The van der Waals surface area contributed by atoms with Crippen LogP contribution in [0.1, 0.15) is 41.0 Å². The van der Waals surface area contributed by atoms with E-state index in [0.717, 1.165) is 0 Å². The first-order chi connectivity index (χ1) is 6.77. The van der Waals surface area contributed by atoms with Crippen molar-refractivity contribution in [1.29, 1.82) is 0 Å². The first-order valence-electron chi connectivity index (χ1n) is 6.47. The molecule has 0 saturated carbocycles. The molecule has 0 aliphatic rings. The molecule has 0 unspecified atom stereocenters. The summed E-state index contributed by atoms with van der Waals surface area (Å²) in [6.07, 6.45) is 1.20. The van der Waals surface area contributed by atoms with Gasteiger partial charge in [0.05, 0.1) is 8.07 Å².